The van der Waals surface area contributed by atoms with Crippen LogP contribution in [0, 0.1) is 0 Å². The van der Waals surface area contributed by atoms with Crippen LogP contribution in [0.1, 0.15) is 54.6 Å². The third-order valence-corrected chi connectivity index (χ3v) is 8.06. The van der Waals surface area contributed by atoms with Crippen molar-refractivity contribution >= 4 is 34.7 Å². The predicted octanol–water partition coefficient (Wildman–Crippen LogP) is 1.93. The summed E-state index contributed by atoms with van der Waals surface area (Å²) in [5, 5.41) is 9.73. The van der Waals surface area contributed by atoms with E-state index in [0.717, 1.165) is 42.1 Å². The zero-order valence-electron chi connectivity index (χ0n) is 22.7. The maximum Gasteiger partial charge on any atom is 0.315 e. The number of nitrogens with one attached hydrogen (secondary N) is 4. The number of nitrogens with two attached hydrogens (primary N) is 1. The highest BCUT2D eigenvalue weighted by Crippen LogP contribution is 2.23. The molecule has 0 bridgehead atoms. The van der Waals surface area contributed by atoms with Gasteiger partial charge in [0.15, 0.2) is 0 Å². The summed E-state index contributed by atoms with van der Waals surface area (Å²) in [5.74, 6) is -1.47. The molecule has 3 unspecified atom stereocenters. The van der Waals surface area contributed by atoms with Gasteiger partial charge in [-0.1, -0.05) is 37.5 Å². The molecule has 1 aliphatic heterocycles. The molecular weight excluding hydrogens is 510 g/mol. The van der Waals surface area contributed by atoms with Crippen molar-refractivity contribution < 1.29 is 19.2 Å². The lowest BCUT2D eigenvalue weighted by molar-refractivity contribution is -0.129. The smallest absolute Gasteiger partial charge is 0.315 e. The first-order valence-corrected chi connectivity index (χ1v) is 13.9. The lowest BCUT2D eigenvalue weighted by Crippen LogP contribution is -2.53. The SMILES string of the molecule is Cn1cccc1C(=O)N1CC(NC(=O)NC2CCCCC2)CC1C(=O)NC(Cc1c[nH]c2ccccc12)C(N)=O. The minimum atomic E-state index is -0.972. The van der Waals surface area contributed by atoms with E-state index in [-0.39, 0.29) is 37.4 Å². The number of hydrogen-bond acceptors (Lipinski definition) is 4. The Morgan fingerprint density at radius 1 is 1.02 bits per heavy atom. The number of aryl methyl sites for hydroxylation is 1. The second-order valence-electron chi connectivity index (χ2n) is 10.9. The molecule has 1 aliphatic carbocycles. The van der Waals surface area contributed by atoms with Gasteiger partial charge in [0, 0.05) is 49.4 Å². The van der Waals surface area contributed by atoms with Gasteiger partial charge >= 0.3 is 6.03 Å². The van der Waals surface area contributed by atoms with Crippen molar-refractivity contribution in [2.24, 2.45) is 12.8 Å². The quantitative estimate of drug-likeness (QED) is 0.292. The molecule has 3 aromatic rings. The molecule has 5 rings (SSSR count). The molecule has 2 aliphatic rings. The van der Waals surface area contributed by atoms with Crippen LogP contribution in [0.3, 0.4) is 0 Å². The number of H-pyrrole nitrogens is 1. The number of likely N-dealkylation sites (tertiary alicyclic amines) is 1. The van der Waals surface area contributed by atoms with Crippen LogP contribution in [0.4, 0.5) is 4.79 Å². The van der Waals surface area contributed by atoms with E-state index in [4.69, 9.17) is 5.73 Å². The number of primary amides is 1. The third-order valence-electron chi connectivity index (χ3n) is 8.06. The first-order valence-electron chi connectivity index (χ1n) is 13.9. The zero-order valence-corrected chi connectivity index (χ0v) is 22.7. The van der Waals surface area contributed by atoms with Crippen molar-refractivity contribution in [3.63, 3.8) is 0 Å². The van der Waals surface area contributed by atoms with Gasteiger partial charge in [0.05, 0.1) is 6.04 Å². The van der Waals surface area contributed by atoms with Gasteiger partial charge in [-0.2, -0.15) is 0 Å². The normalized spacial score (nSPS) is 20.3. The number of carbonyl (C=O) groups excluding carboxylic acids is 4. The summed E-state index contributed by atoms with van der Waals surface area (Å²) in [6, 6.07) is 8.70. The van der Waals surface area contributed by atoms with Crippen LogP contribution >= 0.6 is 0 Å². The Morgan fingerprint density at radius 2 is 1.77 bits per heavy atom. The molecule has 2 fully saturated rings. The van der Waals surface area contributed by atoms with Crippen molar-refractivity contribution in [1.82, 2.24) is 30.4 Å². The molecular formula is C29H37N7O4. The van der Waals surface area contributed by atoms with Crippen LogP contribution < -0.4 is 21.7 Å². The fraction of sp³-hybridized carbons (Fsp3) is 0.448. The van der Waals surface area contributed by atoms with E-state index in [1.165, 1.54) is 11.3 Å². The van der Waals surface area contributed by atoms with E-state index in [0.29, 0.717) is 5.69 Å². The Bertz CT molecular complexity index is 1390. The minimum Gasteiger partial charge on any atom is -0.368 e. The van der Waals surface area contributed by atoms with Gasteiger partial charge in [-0.05, 0) is 43.0 Å². The Labute approximate surface area is 232 Å². The molecule has 0 radical (unpaired) electrons. The summed E-state index contributed by atoms with van der Waals surface area (Å²) in [6.45, 7) is 0.171. The first-order chi connectivity index (χ1) is 19.3. The summed E-state index contributed by atoms with van der Waals surface area (Å²) in [6.07, 6.45) is 9.26. The molecule has 40 heavy (non-hydrogen) atoms. The molecule has 212 valence electrons. The van der Waals surface area contributed by atoms with Gasteiger partial charge in [-0.3, -0.25) is 14.4 Å². The number of rotatable bonds is 8. The van der Waals surface area contributed by atoms with Gasteiger partial charge in [0.1, 0.15) is 17.8 Å². The summed E-state index contributed by atoms with van der Waals surface area (Å²) >= 11 is 0. The minimum absolute atomic E-state index is 0.135. The topological polar surface area (TPSA) is 154 Å². The largest absolute Gasteiger partial charge is 0.368 e. The Kier molecular flexibility index (Phi) is 8.09. The number of nitrogens with zero attached hydrogens (tertiary/aromatic N) is 2. The van der Waals surface area contributed by atoms with Crippen molar-refractivity contribution in [2.45, 2.75) is 69.1 Å². The molecule has 6 N–H and O–H groups in total. The highest BCUT2D eigenvalue weighted by molar-refractivity contribution is 5.98. The van der Waals surface area contributed by atoms with Crippen LogP contribution in [-0.2, 0) is 23.1 Å². The van der Waals surface area contributed by atoms with E-state index in [2.05, 4.69) is 20.9 Å². The summed E-state index contributed by atoms with van der Waals surface area (Å²) in [4.78, 5) is 56.9. The van der Waals surface area contributed by atoms with Crippen molar-refractivity contribution in [2.75, 3.05) is 6.54 Å². The number of aromatic nitrogens is 2. The van der Waals surface area contributed by atoms with Crippen LogP contribution in [0.25, 0.3) is 10.9 Å². The molecule has 1 saturated heterocycles. The fourth-order valence-corrected chi connectivity index (χ4v) is 5.91. The molecule has 1 aromatic carbocycles. The number of para-hydroxylation sites is 1. The number of benzene rings is 1. The second-order valence-corrected chi connectivity index (χ2v) is 10.9. The number of hydrogen-bond donors (Lipinski definition) is 5. The van der Waals surface area contributed by atoms with Gasteiger partial charge in [-0.25, -0.2) is 4.79 Å². The van der Waals surface area contributed by atoms with Crippen LogP contribution in [-0.4, -0.2) is 68.9 Å². The standard InChI is InChI=1S/C29H37N7O4/c1-35-13-7-12-24(35)28(39)36-17-20(33-29(40)32-19-8-3-2-4-9-19)15-25(36)27(38)34-23(26(30)37)14-18-16-31-22-11-6-5-10-21(18)22/h5-7,10-13,16,19-20,23,25,31H,2-4,8-9,14-15,17H2,1H3,(H2,30,37)(H,34,38)(H2,32,33,40). The lowest BCUT2D eigenvalue weighted by Gasteiger charge is -2.26. The molecule has 11 nitrogen and oxygen atoms in total. The van der Waals surface area contributed by atoms with Crippen LogP contribution in [0.2, 0.25) is 0 Å². The number of amides is 5. The molecule has 3 heterocycles. The van der Waals surface area contributed by atoms with Crippen molar-refractivity contribution in [3.8, 4) is 0 Å². The first kappa shape index (κ1) is 27.3. The average Bonchev–Trinajstić information content (AvgIpc) is 3.67. The zero-order chi connectivity index (χ0) is 28.2. The fourth-order valence-electron chi connectivity index (χ4n) is 5.91. The molecule has 2 aromatic heterocycles. The predicted molar refractivity (Wildman–Crippen MR) is 150 cm³/mol. The maximum absolute atomic E-state index is 13.6. The van der Waals surface area contributed by atoms with Crippen LogP contribution in [0.5, 0.6) is 0 Å². The molecule has 11 heteroatoms. The monoisotopic (exact) mass is 547 g/mol. The number of fused-ring (bicyclic) bond motifs is 1. The highest BCUT2D eigenvalue weighted by Gasteiger charge is 2.42. The third kappa shape index (κ3) is 5.98. The van der Waals surface area contributed by atoms with Crippen molar-refractivity contribution in [1.29, 1.82) is 0 Å². The van der Waals surface area contributed by atoms with E-state index in [1.807, 2.05) is 24.3 Å². The van der Waals surface area contributed by atoms with E-state index >= 15 is 0 Å². The van der Waals surface area contributed by atoms with Crippen molar-refractivity contribution in [3.05, 3.63) is 60.0 Å². The number of aromatic amines is 1. The number of urea groups is 1. The molecule has 3 atom stereocenters. The number of carbonyl (C=O) groups is 4. The Morgan fingerprint density at radius 3 is 2.50 bits per heavy atom. The average molecular weight is 548 g/mol. The lowest BCUT2D eigenvalue weighted by atomic mass is 9.96. The van der Waals surface area contributed by atoms with E-state index in [9.17, 15) is 19.2 Å². The maximum atomic E-state index is 13.6. The molecule has 5 amide bonds. The molecule has 0 spiro atoms. The second kappa shape index (κ2) is 11.8. The van der Waals surface area contributed by atoms with E-state index < -0.39 is 29.9 Å². The van der Waals surface area contributed by atoms with Gasteiger partial charge in [0.25, 0.3) is 5.91 Å². The highest BCUT2D eigenvalue weighted by atomic mass is 16.2. The molecule has 1 saturated carbocycles. The van der Waals surface area contributed by atoms with Gasteiger partial charge in [-0.15, -0.1) is 0 Å². The van der Waals surface area contributed by atoms with Gasteiger partial charge < -0.3 is 36.1 Å². The Hall–Kier alpha value is -4.28. The Balaban J connectivity index is 1.31. The van der Waals surface area contributed by atoms with Gasteiger partial charge in [0.2, 0.25) is 11.8 Å². The summed E-state index contributed by atoms with van der Waals surface area (Å²) < 4.78 is 1.69. The van der Waals surface area contributed by atoms with E-state index in [1.54, 1.807) is 36.1 Å². The summed E-state index contributed by atoms with van der Waals surface area (Å²) in [7, 11) is 1.76. The summed E-state index contributed by atoms with van der Waals surface area (Å²) in [5.41, 5.74) is 7.90. The van der Waals surface area contributed by atoms with Crippen LogP contribution in [0.15, 0.2) is 48.8 Å².